The molecular weight excluding hydrogens is 280 g/mol. The number of carbonyl (C=O) groups excluding carboxylic acids is 2. The minimum Gasteiger partial charge on any atom is -0.338 e. The van der Waals surface area contributed by atoms with Gasteiger partial charge in [-0.25, -0.2) is 9.59 Å². The van der Waals surface area contributed by atoms with Crippen molar-refractivity contribution in [2.75, 3.05) is 26.2 Å². The summed E-state index contributed by atoms with van der Waals surface area (Å²) in [7, 11) is 0. The molecule has 0 aliphatic carbocycles. The second-order valence-electron chi connectivity index (χ2n) is 6.48. The summed E-state index contributed by atoms with van der Waals surface area (Å²) in [6.07, 6.45) is 4.04. The summed E-state index contributed by atoms with van der Waals surface area (Å²) in [5.74, 6) is 0.937. The van der Waals surface area contributed by atoms with Crippen molar-refractivity contribution in [3.63, 3.8) is 0 Å². The van der Waals surface area contributed by atoms with E-state index in [1.807, 2.05) is 0 Å². The molecule has 130 valence electrons. The van der Waals surface area contributed by atoms with Crippen molar-refractivity contribution in [1.29, 1.82) is 0 Å². The summed E-state index contributed by atoms with van der Waals surface area (Å²) in [6.45, 7) is 11.1. The van der Waals surface area contributed by atoms with E-state index in [-0.39, 0.29) is 12.1 Å². The number of nitrogens with one attached hydrogen (secondary N) is 4. The van der Waals surface area contributed by atoms with Crippen LogP contribution in [0, 0.1) is 11.8 Å². The summed E-state index contributed by atoms with van der Waals surface area (Å²) >= 11 is 0. The molecule has 0 saturated heterocycles. The minimum atomic E-state index is -0.0859. The molecular formula is C16H34N4O2. The molecule has 0 rings (SSSR count). The highest BCUT2D eigenvalue weighted by Gasteiger charge is 2.01. The van der Waals surface area contributed by atoms with E-state index in [1.165, 1.54) is 0 Å². The Morgan fingerprint density at radius 2 is 1.00 bits per heavy atom. The first-order valence-corrected chi connectivity index (χ1v) is 8.45. The van der Waals surface area contributed by atoms with Crippen molar-refractivity contribution in [2.45, 2.75) is 53.4 Å². The van der Waals surface area contributed by atoms with Crippen molar-refractivity contribution in [1.82, 2.24) is 21.3 Å². The van der Waals surface area contributed by atoms with E-state index in [0.717, 1.165) is 25.7 Å². The fourth-order valence-electron chi connectivity index (χ4n) is 1.73. The maximum atomic E-state index is 11.4. The molecule has 4 N–H and O–H groups in total. The van der Waals surface area contributed by atoms with Crippen LogP contribution in [0.2, 0.25) is 0 Å². The Balaban J connectivity index is 3.30. The molecule has 0 spiro atoms. The molecule has 0 aromatic heterocycles. The predicted molar refractivity (Wildman–Crippen MR) is 90.9 cm³/mol. The lowest BCUT2D eigenvalue weighted by molar-refractivity contribution is 0.238. The number of hydrogen-bond donors (Lipinski definition) is 4. The normalized spacial score (nSPS) is 10.6. The van der Waals surface area contributed by atoms with Crippen LogP contribution in [0.4, 0.5) is 9.59 Å². The largest absolute Gasteiger partial charge is 0.338 e. The molecule has 0 saturated carbocycles. The van der Waals surface area contributed by atoms with Crippen molar-refractivity contribution >= 4 is 12.1 Å². The third-order valence-corrected chi connectivity index (χ3v) is 3.02. The maximum absolute atomic E-state index is 11.4. The van der Waals surface area contributed by atoms with Crippen molar-refractivity contribution in [3.05, 3.63) is 0 Å². The third-order valence-electron chi connectivity index (χ3n) is 3.02. The van der Waals surface area contributed by atoms with Crippen LogP contribution in [0.15, 0.2) is 0 Å². The Kier molecular flexibility index (Phi) is 12.3. The predicted octanol–water partition coefficient (Wildman–Crippen LogP) is 2.46. The summed E-state index contributed by atoms with van der Waals surface area (Å²) in [6, 6.07) is -0.172. The number of urea groups is 2. The zero-order valence-corrected chi connectivity index (χ0v) is 14.6. The zero-order valence-electron chi connectivity index (χ0n) is 14.6. The molecule has 0 atom stereocenters. The monoisotopic (exact) mass is 314 g/mol. The van der Waals surface area contributed by atoms with Crippen LogP contribution >= 0.6 is 0 Å². The van der Waals surface area contributed by atoms with Gasteiger partial charge in [-0.15, -0.1) is 0 Å². The van der Waals surface area contributed by atoms with E-state index in [0.29, 0.717) is 38.0 Å². The lowest BCUT2D eigenvalue weighted by Gasteiger charge is -2.10. The molecule has 0 bridgehead atoms. The quantitative estimate of drug-likeness (QED) is 0.442. The molecule has 4 amide bonds. The Hall–Kier alpha value is -1.46. The molecule has 0 aliphatic heterocycles. The highest BCUT2D eigenvalue weighted by molar-refractivity contribution is 5.74. The number of rotatable bonds is 11. The Bertz CT molecular complexity index is 277. The fourth-order valence-corrected chi connectivity index (χ4v) is 1.73. The van der Waals surface area contributed by atoms with Crippen molar-refractivity contribution in [2.24, 2.45) is 11.8 Å². The smallest absolute Gasteiger partial charge is 0.314 e. The summed E-state index contributed by atoms with van der Waals surface area (Å²) in [4.78, 5) is 22.8. The lowest BCUT2D eigenvalue weighted by atomic mass is 10.2. The molecule has 0 radical (unpaired) electrons. The van der Waals surface area contributed by atoms with Gasteiger partial charge in [0.1, 0.15) is 0 Å². The van der Waals surface area contributed by atoms with Gasteiger partial charge in [-0.3, -0.25) is 0 Å². The molecule has 6 heteroatoms. The first-order chi connectivity index (χ1) is 10.4. The average Bonchev–Trinajstić information content (AvgIpc) is 2.45. The van der Waals surface area contributed by atoms with Crippen LogP contribution < -0.4 is 21.3 Å². The Labute approximate surface area is 135 Å². The molecule has 22 heavy (non-hydrogen) atoms. The van der Waals surface area contributed by atoms with E-state index < -0.39 is 0 Å². The lowest BCUT2D eigenvalue weighted by Crippen LogP contribution is -2.38. The van der Waals surface area contributed by atoms with Gasteiger partial charge in [0.15, 0.2) is 0 Å². The Morgan fingerprint density at radius 1 is 0.636 bits per heavy atom. The highest BCUT2D eigenvalue weighted by Crippen LogP contribution is 1.98. The van der Waals surface area contributed by atoms with Crippen molar-refractivity contribution in [3.8, 4) is 0 Å². The number of amides is 4. The second kappa shape index (κ2) is 13.2. The number of carbonyl (C=O) groups is 2. The second-order valence-corrected chi connectivity index (χ2v) is 6.48. The van der Waals surface area contributed by atoms with Crippen LogP contribution in [-0.4, -0.2) is 38.2 Å². The van der Waals surface area contributed by atoms with E-state index in [2.05, 4.69) is 49.0 Å². The first kappa shape index (κ1) is 20.5. The zero-order chi connectivity index (χ0) is 16.8. The summed E-state index contributed by atoms with van der Waals surface area (Å²) < 4.78 is 0. The van der Waals surface area contributed by atoms with Gasteiger partial charge in [0, 0.05) is 26.2 Å². The van der Waals surface area contributed by atoms with Crippen LogP contribution in [0.5, 0.6) is 0 Å². The van der Waals surface area contributed by atoms with Gasteiger partial charge in [-0.05, 0) is 24.7 Å². The molecule has 0 aromatic rings. The van der Waals surface area contributed by atoms with Gasteiger partial charge in [0.25, 0.3) is 0 Å². The van der Waals surface area contributed by atoms with Gasteiger partial charge in [-0.1, -0.05) is 40.5 Å². The van der Waals surface area contributed by atoms with Gasteiger partial charge in [-0.2, -0.15) is 0 Å². The standard InChI is InChI=1S/C16H34N4O2/c1-13(2)11-19-15(21)17-9-7-5-6-8-10-18-16(22)20-12-14(3)4/h13-14H,5-12H2,1-4H3,(H2,17,19,21)(H2,18,20,22). The Morgan fingerprint density at radius 3 is 1.32 bits per heavy atom. The highest BCUT2D eigenvalue weighted by atomic mass is 16.2. The average molecular weight is 314 g/mol. The molecule has 0 heterocycles. The van der Waals surface area contributed by atoms with Gasteiger partial charge in [0.05, 0.1) is 0 Å². The molecule has 0 aliphatic rings. The molecule has 6 nitrogen and oxygen atoms in total. The van der Waals surface area contributed by atoms with Gasteiger partial charge >= 0.3 is 12.1 Å². The minimum absolute atomic E-state index is 0.0859. The topological polar surface area (TPSA) is 82.3 Å². The van der Waals surface area contributed by atoms with E-state index in [9.17, 15) is 9.59 Å². The van der Waals surface area contributed by atoms with E-state index >= 15 is 0 Å². The SMILES string of the molecule is CC(C)CNC(=O)NCCCCCCNC(=O)NCC(C)C. The van der Waals surface area contributed by atoms with Crippen LogP contribution in [0.3, 0.4) is 0 Å². The van der Waals surface area contributed by atoms with Crippen molar-refractivity contribution < 1.29 is 9.59 Å². The molecule has 0 fully saturated rings. The fraction of sp³-hybridized carbons (Fsp3) is 0.875. The number of unbranched alkanes of at least 4 members (excludes halogenated alkanes) is 3. The maximum Gasteiger partial charge on any atom is 0.314 e. The summed E-state index contributed by atoms with van der Waals surface area (Å²) in [5.41, 5.74) is 0. The van der Waals surface area contributed by atoms with Gasteiger partial charge in [0.2, 0.25) is 0 Å². The van der Waals surface area contributed by atoms with Gasteiger partial charge < -0.3 is 21.3 Å². The molecule has 0 unspecified atom stereocenters. The first-order valence-electron chi connectivity index (χ1n) is 8.45. The summed E-state index contributed by atoms with van der Waals surface area (Å²) in [5, 5.41) is 11.3. The third kappa shape index (κ3) is 14.9. The van der Waals surface area contributed by atoms with Crippen LogP contribution in [-0.2, 0) is 0 Å². The van der Waals surface area contributed by atoms with E-state index in [1.54, 1.807) is 0 Å². The number of hydrogen-bond acceptors (Lipinski definition) is 2. The van der Waals surface area contributed by atoms with Crippen LogP contribution in [0.25, 0.3) is 0 Å². The van der Waals surface area contributed by atoms with Crippen LogP contribution in [0.1, 0.15) is 53.4 Å². The van der Waals surface area contributed by atoms with E-state index in [4.69, 9.17) is 0 Å². The molecule has 0 aromatic carbocycles.